The van der Waals surface area contributed by atoms with Crippen LogP contribution in [0, 0.1) is 0 Å². The maximum Gasteiger partial charge on any atom is 0.200 e. The molecule has 5 heteroatoms. The minimum atomic E-state index is -0.493. The molecule has 1 aliphatic carbocycles. The minimum absolute atomic E-state index is 0.223. The van der Waals surface area contributed by atoms with E-state index < -0.39 is 5.75 Å². The second-order valence-corrected chi connectivity index (χ2v) is 4.14. The molecule has 0 aliphatic heterocycles. The molecule has 0 bridgehead atoms. The quantitative estimate of drug-likeness (QED) is 0.481. The van der Waals surface area contributed by atoms with Gasteiger partial charge in [-0.2, -0.15) is 0 Å². The Morgan fingerprint density at radius 2 is 1.81 bits per heavy atom. The molecule has 88 valence electrons. The Kier molecular flexibility index (Phi) is 2.89. The Labute approximate surface area is 93.0 Å². The fourth-order valence-electron chi connectivity index (χ4n) is 1.76. The van der Waals surface area contributed by atoms with Crippen LogP contribution in [-0.4, -0.2) is 32.6 Å². The van der Waals surface area contributed by atoms with E-state index in [1.54, 1.807) is 6.07 Å². The average molecular weight is 225 g/mol. The van der Waals surface area contributed by atoms with E-state index in [0.29, 0.717) is 24.9 Å². The van der Waals surface area contributed by atoms with E-state index in [4.69, 9.17) is 10.2 Å². The first kappa shape index (κ1) is 11.0. The molecule has 0 radical (unpaired) electrons. The lowest BCUT2D eigenvalue weighted by Gasteiger charge is -2.32. The summed E-state index contributed by atoms with van der Waals surface area (Å²) in [6, 6.07) is 3.14. The average Bonchev–Trinajstić information content (AvgIpc) is 2.22. The molecule has 1 fully saturated rings. The van der Waals surface area contributed by atoms with Gasteiger partial charge in [0.25, 0.3) is 0 Å². The van der Waals surface area contributed by atoms with Crippen molar-refractivity contribution >= 4 is 0 Å². The van der Waals surface area contributed by atoms with Gasteiger partial charge in [-0.05, 0) is 18.9 Å². The molecule has 1 aliphatic rings. The third-order valence-corrected chi connectivity index (χ3v) is 2.91. The van der Waals surface area contributed by atoms with Crippen molar-refractivity contribution in [2.24, 2.45) is 0 Å². The first-order chi connectivity index (χ1) is 7.58. The number of benzene rings is 1. The van der Waals surface area contributed by atoms with E-state index in [1.807, 2.05) is 0 Å². The molecule has 1 aromatic carbocycles. The molecule has 5 nitrogen and oxygen atoms in total. The first-order valence-corrected chi connectivity index (χ1v) is 5.22. The van der Waals surface area contributed by atoms with Crippen LogP contribution in [0.1, 0.15) is 18.4 Å². The molecular formula is C11H15NO4. The summed E-state index contributed by atoms with van der Waals surface area (Å²) in [4.78, 5) is 0. The predicted molar refractivity (Wildman–Crippen MR) is 57.3 cm³/mol. The lowest BCUT2D eigenvalue weighted by Crippen LogP contribution is -2.43. The first-order valence-electron chi connectivity index (χ1n) is 5.22. The van der Waals surface area contributed by atoms with Gasteiger partial charge in [0.15, 0.2) is 11.5 Å². The third-order valence-electron chi connectivity index (χ3n) is 2.91. The second-order valence-electron chi connectivity index (χ2n) is 4.14. The number of phenolic OH excluding ortho intramolecular Hbond substituents is 3. The van der Waals surface area contributed by atoms with Gasteiger partial charge >= 0.3 is 0 Å². The Morgan fingerprint density at radius 3 is 2.44 bits per heavy atom. The monoisotopic (exact) mass is 225 g/mol. The summed E-state index contributed by atoms with van der Waals surface area (Å²) in [5.41, 5.74) is 0.525. The normalized spacial score (nSPS) is 24.1. The highest BCUT2D eigenvalue weighted by atomic mass is 16.3. The van der Waals surface area contributed by atoms with Gasteiger partial charge in [0, 0.05) is 18.2 Å². The van der Waals surface area contributed by atoms with Crippen molar-refractivity contribution in [3.63, 3.8) is 0 Å². The van der Waals surface area contributed by atoms with Crippen molar-refractivity contribution in [3.8, 4) is 17.2 Å². The molecular weight excluding hydrogens is 210 g/mol. The van der Waals surface area contributed by atoms with Gasteiger partial charge in [-0.1, -0.05) is 6.07 Å². The van der Waals surface area contributed by atoms with E-state index >= 15 is 0 Å². The van der Waals surface area contributed by atoms with Gasteiger partial charge in [0.1, 0.15) is 0 Å². The van der Waals surface area contributed by atoms with Crippen LogP contribution in [0.5, 0.6) is 17.2 Å². The van der Waals surface area contributed by atoms with Gasteiger partial charge in [-0.15, -0.1) is 0 Å². The molecule has 5 N–H and O–H groups in total. The summed E-state index contributed by atoms with van der Waals surface area (Å²) in [5, 5.41) is 40.2. The second kappa shape index (κ2) is 4.19. The largest absolute Gasteiger partial charge is 0.504 e. The zero-order valence-corrected chi connectivity index (χ0v) is 8.72. The minimum Gasteiger partial charge on any atom is -0.504 e. The van der Waals surface area contributed by atoms with Crippen molar-refractivity contribution in [1.82, 2.24) is 5.32 Å². The zero-order chi connectivity index (χ0) is 11.7. The maximum atomic E-state index is 9.53. The predicted octanol–water partition coefficient (Wildman–Crippen LogP) is 0.416. The van der Waals surface area contributed by atoms with Crippen molar-refractivity contribution in [2.75, 3.05) is 0 Å². The van der Waals surface area contributed by atoms with Crippen molar-refractivity contribution in [1.29, 1.82) is 0 Å². The molecule has 16 heavy (non-hydrogen) atoms. The zero-order valence-electron chi connectivity index (χ0n) is 8.72. The molecule has 0 aromatic heterocycles. The van der Waals surface area contributed by atoms with E-state index in [2.05, 4.69) is 5.32 Å². The Bertz CT molecular complexity index is 388. The Hall–Kier alpha value is -1.46. The summed E-state index contributed by atoms with van der Waals surface area (Å²) in [6.45, 7) is 0.400. The Balaban J connectivity index is 1.97. The van der Waals surface area contributed by atoms with Crippen LogP contribution in [0.25, 0.3) is 0 Å². The van der Waals surface area contributed by atoms with Crippen molar-refractivity contribution < 1.29 is 20.4 Å². The summed E-state index contributed by atoms with van der Waals surface area (Å²) in [5.74, 6) is -1.12. The van der Waals surface area contributed by atoms with Gasteiger partial charge in [-0.3, -0.25) is 0 Å². The number of aliphatic hydroxyl groups is 1. The number of hydrogen-bond acceptors (Lipinski definition) is 5. The molecule has 0 amide bonds. The van der Waals surface area contributed by atoms with E-state index in [9.17, 15) is 10.2 Å². The molecule has 0 heterocycles. The van der Waals surface area contributed by atoms with Crippen LogP contribution >= 0.6 is 0 Å². The van der Waals surface area contributed by atoms with Crippen LogP contribution in [0.2, 0.25) is 0 Å². The number of rotatable bonds is 3. The molecule has 1 saturated carbocycles. The summed E-state index contributed by atoms with van der Waals surface area (Å²) >= 11 is 0. The highest BCUT2D eigenvalue weighted by Crippen LogP contribution is 2.37. The molecule has 2 rings (SSSR count). The van der Waals surface area contributed by atoms with Crippen LogP contribution in [0.15, 0.2) is 12.1 Å². The topological polar surface area (TPSA) is 93.0 Å². The highest BCUT2D eigenvalue weighted by Gasteiger charge is 2.26. The van der Waals surface area contributed by atoms with Gasteiger partial charge in [0.2, 0.25) is 5.75 Å². The lowest BCUT2D eigenvalue weighted by molar-refractivity contribution is 0.0618. The summed E-state index contributed by atoms with van der Waals surface area (Å²) in [7, 11) is 0. The SMILES string of the molecule is Oc1ccc(CNC2CC(O)C2)c(O)c1O. The molecule has 0 saturated heterocycles. The van der Waals surface area contributed by atoms with Gasteiger partial charge < -0.3 is 25.7 Å². The number of aliphatic hydroxyl groups excluding tert-OH is 1. The molecule has 0 atom stereocenters. The van der Waals surface area contributed by atoms with E-state index in [1.165, 1.54) is 6.07 Å². The molecule has 0 spiro atoms. The summed E-state index contributed by atoms with van der Waals surface area (Å²) < 4.78 is 0. The smallest absolute Gasteiger partial charge is 0.200 e. The fraction of sp³-hybridized carbons (Fsp3) is 0.455. The Morgan fingerprint density at radius 1 is 1.12 bits per heavy atom. The van der Waals surface area contributed by atoms with Crippen LogP contribution in [0.3, 0.4) is 0 Å². The molecule has 1 aromatic rings. The van der Waals surface area contributed by atoms with Crippen LogP contribution in [-0.2, 0) is 6.54 Å². The maximum absolute atomic E-state index is 9.53. The highest BCUT2D eigenvalue weighted by molar-refractivity contribution is 5.53. The lowest BCUT2D eigenvalue weighted by atomic mass is 9.89. The van der Waals surface area contributed by atoms with Crippen LogP contribution < -0.4 is 5.32 Å². The summed E-state index contributed by atoms with van der Waals surface area (Å²) in [6.07, 6.45) is 1.20. The van der Waals surface area contributed by atoms with Crippen molar-refractivity contribution in [3.05, 3.63) is 17.7 Å². The van der Waals surface area contributed by atoms with Crippen molar-refractivity contribution in [2.45, 2.75) is 31.5 Å². The van der Waals surface area contributed by atoms with Gasteiger partial charge in [-0.25, -0.2) is 0 Å². The van der Waals surface area contributed by atoms with Crippen LogP contribution in [0.4, 0.5) is 0 Å². The number of nitrogens with one attached hydrogen (secondary N) is 1. The number of phenols is 3. The standard InChI is InChI=1S/C11H15NO4/c13-8-3-7(4-8)12-5-6-1-2-9(14)11(16)10(6)15/h1-2,7-8,12-16H,3-5H2. The number of aromatic hydroxyl groups is 3. The van der Waals surface area contributed by atoms with Gasteiger partial charge in [0.05, 0.1) is 6.10 Å². The molecule has 0 unspecified atom stereocenters. The van der Waals surface area contributed by atoms with E-state index in [-0.39, 0.29) is 23.6 Å². The number of hydrogen-bond donors (Lipinski definition) is 5. The third kappa shape index (κ3) is 2.05. The van der Waals surface area contributed by atoms with E-state index in [0.717, 1.165) is 0 Å². The fourth-order valence-corrected chi connectivity index (χ4v) is 1.76.